The number of aliphatic hydroxyl groups is 1. The molecule has 0 saturated heterocycles. The minimum Gasteiger partial charge on any atom is -0.468 e. The number of rotatable bonds is 8. The second kappa shape index (κ2) is 8.64. The zero-order valence-corrected chi connectivity index (χ0v) is 14.2. The molecule has 1 aromatic carbocycles. The second-order valence-corrected chi connectivity index (χ2v) is 6.14. The summed E-state index contributed by atoms with van der Waals surface area (Å²) in [6.45, 7) is 6.20. The van der Waals surface area contributed by atoms with Crippen molar-refractivity contribution in [3.8, 4) is 0 Å². The van der Waals surface area contributed by atoms with Gasteiger partial charge in [-0.05, 0) is 30.5 Å². The van der Waals surface area contributed by atoms with Gasteiger partial charge in [-0.15, -0.1) is 0 Å². The zero-order valence-electron chi connectivity index (χ0n) is 14.2. The van der Waals surface area contributed by atoms with E-state index < -0.39 is 11.5 Å². The van der Waals surface area contributed by atoms with E-state index in [4.69, 9.17) is 0 Å². The number of carbonyl (C=O) groups excluding carboxylic acids is 2. The van der Waals surface area contributed by atoms with Gasteiger partial charge < -0.3 is 15.2 Å². The Morgan fingerprint density at radius 2 is 2.04 bits per heavy atom. The molecule has 0 aliphatic carbocycles. The number of carbonyl (C=O) groups is 2. The Balaban J connectivity index is 2.73. The number of esters is 1. The molecule has 23 heavy (non-hydrogen) atoms. The fourth-order valence-electron chi connectivity index (χ4n) is 1.94. The maximum atomic E-state index is 12.1. The number of ether oxygens (including phenoxy) is 1. The molecule has 3 N–H and O–H groups in total. The van der Waals surface area contributed by atoms with E-state index in [1.165, 1.54) is 7.11 Å². The molecule has 0 aromatic heterocycles. The van der Waals surface area contributed by atoms with Gasteiger partial charge in [0.15, 0.2) is 0 Å². The minimum atomic E-state index is -1.18. The first-order valence-corrected chi connectivity index (χ1v) is 7.64. The Hall–Kier alpha value is -1.92. The quantitative estimate of drug-likeness (QED) is 0.624. The van der Waals surface area contributed by atoms with Gasteiger partial charge in [0.2, 0.25) is 0 Å². The lowest BCUT2D eigenvalue weighted by atomic mass is 10.0. The third kappa shape index (κ3) is 5.65. The lowest BCUT2D eigenvalue weighted by Crippen LogP contribution is -2.52. The maximum Gasteiger partial charge on any atom is 0.328 e. The molecule has 1 rings (SSSR count). The van der Waals surface area contributed by atoms with Crippen LogP contribution in [0.4, 0.5) is 0 Å². The van der Waals surface area contributed by atoms with Gasteiger partial charge in [0.1, 0.15) is 5.54 Å². The van der Waals surface area contributed by atoms with Crippen LogP contribution in [-0.4, -0.2) is 42.8 Å². The summed E-state index contributed by atoms with van der Waals surface area (Å²) in [5, 5.41) is 15.2. The van der Waals surface area contributed by atoms with Crippen LogP contribution in [-0.2, 0) is 16.1 Å². The van der Waals surface area contributed by atoms with Crippen LogP contribution in [0.1, 0.15) is 36.7 Å². The molecular weight excluding hydrogens is 296 g/mol. The largest absolute Gasteiger partial charge is 0.468 e. The molecule has 0 radical (unpaired) electrons. The van der Waals surface area contributed by atoms with Gasteiger partial charge >= 0.3 is 5.97 Å². The van der Waals surface area contributed by atoms with Gasteiger partial charge in [-0.3, -0.25) is 10.1 Å². The predicted molar refractivity (Wildman–Crippen MR) is 88.0 cm³/mol. The fourth-order valence-corrected chi connectivity index (χ4v) is 1.94. The highest BCUT2D eigenvalue weighted by Gasteiger charge is 2.33. The summed E-state index contributed by atoms with van der Waals surface area (Å²) < 4.78 is 4.69. The number of benzene rings is 1. The van der Waals surface area contributed by atoms with Crippen molar-refractivity contribution in [2.75, 3.05) is 20.3 Å². The number of hydrogen-bond donors (Lipinski definition) is 3. The molecule has 1 atom stereocenters. The van der Waals surface area contributed by atoms with Gasteiger partial charge in [-0.2, -0.15) is 0 Å². The lowest BCUT2D eigenvalue weighted by Gasteiger charge is -2.25. The van der Waals surface area contributed by atoms with Crippen LogP contribution in [0.25, 0.3) is 0 Å². The molecule has 6 nitrogen and oxygen atoms in total. The first kappa shape index (κ1) is 19.1. The molecule has 1 aromatic rings. The summed E-state index contributed by atoms with van der Waals surface area (Å²) in [6.07, 6.45) is 0. The predicted octanol–water partition coefficient (Wildman–Crippen LogP) is 1.09. The van der Waals surface area contributed by atoms with Crippen LogP contribution in [0.3, 0.4) is 0 Å². The summed E-state index contributed by atoms with van der Waals surface area (Å²) in [5.41, 5.74) is 0.226. The fraction of sp³-hybridized carbons (Fsp3) is 0.529. The maximum absolute atomic E-state index is 12.1. The third-order valence-electron chi connectivity index (χ3n) is 3.49. The average Bonchev–Trinajstić information content (AvgIpc) is 2.56. The number of hydrogen-bond acceptors (Lipinski definition) is 5. The number of aliphatic hydroxyl groups excluding tert-OH is 1. The summed E-state index contributed by atoms with van der Waals surface area (Å²) >= 11 is 0. The Labute approximate surface area is 137 Å². The summed E-state index contributed by atoms with van der Waals surface area (Å²) in [5.74, 6) is -0.279. The van der Waals surface area contributed by atoms with E-state index in [9.17, 15) is 14.7 Å². The SMILES string of the molecule is COC(=O)C(C)(CO)NCc1cccc(C(=O)NCC(C)C)c1. The van der Waals surface area contributed by atoms with E-state index in [0.717, 1.165) is 5.56 Å². The van der Waals surface area contributed by atoms with E-state index in [1.807, 2.05) is 19.9 Å². The molecular formula is C17H26N2O4. The first-order valence-electron chi connectivity index (χ1n) is 7.64. The Kier molecular flexibility index (Phi) is 7.19. The van der Waals surface area contributed by atoms with Gasteiger partial charge in [-0.25, -0.2) is 4.79 Å². The van der Waals surface area contributed by atoms with Crippen molar-refractivity contribution in [2.24, 2.45) is 5.92 Å². The standard InChI is InChI=1S/C17H26N2O4/c1-12(2)9-18-15(21)14-7-5-6-13(8-14)10-19-17(3,11-20)16(22)23-4/h5-8,12,19-20H,9-11H2,1-4H3,(H,18,21). The topological polar surface area (TPSA) is 87.7 Å². The monoisotopic (exact) mass is 322 g/mol. The van der Waals surface area contributed by atoms with Crippen molar-refractivity contribution in [3.05, 3.63) is 35.4 Å². The highest BCUT2D eigenvalue weighted by atomic mass is 16.5. The van der Waals surface area contributed by atoms with Gasteiger partial charge in [-0.1, -0.05) is 26.0 Å². The number of methoxy groups -OCH3 is 1. The zero-order chi connectivity index (χ0) is 17.5. The molecule has 0 aliphatic heterocycles. The number of nitrogens with one attached hydrogen (secondary N) is 2. The molecule has 1 unspecified atom stereocenters. The van der Waals surface area contributed by atoms with E-state index in [1.54, 1.807) is 25.1 Å². The van der Waals surface area contributed by atoms with Crippen LogP contribution < -0.4 is 10.6 Å². The Morgan fingerprint density at radius 1 is 1.35 bits per heavy atom. The van der Waals surface area contributed by atoms with Crippen molar-refractivity contribution in [1.82, 2.24) is 10.6 Å². The summed E-state index contributed by atoms with van der Waals surface area (Å²) in [4.78, 5) is 23.8. The van der Waals surface area contributed by atoms with Crippen LogP contribution >= 0.6 is 0 Å². The van der Waals surface area contributed by atoms with Gasteiger partial charge in [0, 0.05) is 18.7 Å². The molecule has 6 heteroatoms. The normalized spacial score (nSPS) is 13.5. The molecule has 0 aliphatic rings. The Morgan fingerprint density at radius 3 is 2.61 bits per heavy atom. The molecule has 0 spiro atoms. The lowest BCUT2D eigenvalue weighted by molar-refractivity contribution is -0.149. The summed E-state index contributed by atoms with van der Waals surface area (Å²) in [7, 11) is 1.28. The smallest absolute Gasteiger partial charge is 0.328 e. The van der Waals surface area contributed by atoms with Crippen molar-refractivity contribution in [1.29, 1.82) is 0 Å². The van der Waals surface area contributed by atoms with Crippen LogP contribution in [0.15, 0.2) is 24.3 Å². The Bertz CT molecular complexity index is 545. The molecule has 0 heterocycles. The number of amides is 1. The van der Waals surface area contributed by atoms with E-state index in [2.05, 4.69) is 15.4 Å². The molecule has 128 valence electrons. The van der Waals surface area contributed by atoms with Crippen LogP contribution in [0.2, 0.25) is 0 Å². The first-order chi connectivity index (χ1) is 10.8. The van der Waals surface area contributed by atoms with Crippen molar-refractivity contribution >= 4 is 11.9 Å². The highest BCUT2D eigenvalue weighted by molar-refractivity contribution is 5.94. The molecule has 1 amide bonds. The molecule has 0 bridgehead atoms. The van der Waals surface area contributed by atoms with Crippen molar-refractivity contribution in [3.63, 3.8) is 0 Å². The van der Waals surface area contributed by atoms with Crippen molar-refractivity contribution in [2.45, 2.75) is 32.9 Å². The van der Waals surface area contributed by atoms with E-state index >= 15 is 0 Å². The van der Waals surface area contributed by atoms with Gasteiger partial charge in [0.05, 0.1) is 13.7 Å². The highest BCUT2D eigenvalue weighted by Crippen LogP contribution is 2.10. The van der Waals surface area contributed by atoms with Crippen molar-refractivity contribution < 1.29 is 19.4 Å². The minimum absolute atomic E-state index is 0.126. The molecule has 0 saturated carbocycles. The van der Waals surface area contributed by atoms with Crippen LogP contribution in [0.5, 0.6) is 0 Å². The summed E-state index contributed by atoms with van der Waals surface area (Å²) in [6, 6.07) is 7.14. The van der Waals surface area contributed by atoms with E-state index in [0.29, 0.717) is 24.6 Å². The average molecular weight is 322 g/mol. The van der Waals surface area contributed by atoms with E-state index in [-0.39, 0.29) is 12.5 Å². The second-order valence-electron chi connectivity index (χ2n) is 6.14. The van der Waals surface area contributed by atoms with Gasteiger partial charge in [0.25, 0.3) is 5.91 Å². The molecule has 0 fully saturated rings. The third-order valence-corrected chi connectivity index (χ3v) is 3.49. The van der Waals surface area contributed by atoms with Crippen LogP contribution in [0, 0.1) is 5.92 Å².